The van der Waals surface area contributed by atoms with E-state index in [1.807, 2.05) is 30.3 Å². The molecule has 0 aliphatic heterocycles. The van der Waals surface area contributed by atoms with Gasteiger partial charge in [0.25, 0.3) is 7.37 Å². The molecule has 3 N–H and O–H groups in total. The minimum atomic E-state index is -3.42. The number of para-hydroxylation sites is 1. The molecule has 0 amide bonds. The zero-order valence-corrected chi connectivity index (χ0v) is 19.5. The lowest BCUT2D eigenvalue weighted by Gasteiger charge is -2.46. The van der Waals surface area contributed by atoms with Crippen molar-refractivity contribution >= 4 is 7.37 Å². The van der Waals surface area contributed by atoms with E-state index in [0.29, 0.717) is 43.9 Å². The average Bonchev–Trinajstić information content (AvgIpc) is 2.80. The lowest BCUT2D eigenvalue weighted by molar-refractivity contribution is 0.0554. The van der Waals surface area contributed by atoms with Crippen LogP contribution >= 0.6 is 7.37 Å². The maximum absolute atomic E-state index is 14.2. The second kappa shape index (κ2) is 11.7. The molecule has 2 aromatic carbocycles. The van der Waals surface area contributed by atoms with E-state index >= 15 is 0 Å². The highest BCUT2D eigenvalue weighted by Crippen LogP contribution is 2.62. The number of aliphatic hydroxyl groups is 1. The maximum atomic E-state index is 14.2. The number of rotatable bonds is 12. The number of hydrogen-bond acceptors (Lipinski definition) is 7. The monoisotopic (exact) mass is 463 g/mol. The second-order valence-electron chi connectivity index (χ2n) is 7.99. The first-order chi connectivity index (χ1) is 15.5. The van der Waals surface area contributed by atoms with Gasteiger partial charge in [0.2, 0.25) is 0 Å². The quantitative estimate of drug-likeness (QED) is 0.309. The molecule has 0 radical (unpaired) electrons. The van der Waals surface area contributed by atoms with Crippen molar-refractivity contribution < 1.29 is 28.8 Å². The number of ether oxygens (including phenoxy) is 2. The summed E-state index contributed by atoms with van der Waals surface area (Å²) in [6, 6.07) is 15.9. The summed E-state index contributed by atoms with van der Waals surface area (Å²) in [6.45, 7) is 2.99. The Hall–Kier alpha value is -2.05. The Morgan fingerprint density at radius 2 is 1.88 bits per heavy atom. The Labute approximate surface area is 190 Å². The van der Waals surface area contributed by atoms with Gasteiger partial charge in [-0.05, 0) is 57.0 Å². The van der Waals surface area contributed by atoms with Crippen LogP contribution in [-0.4, -0.2) is 47.7 Å². The van der Waals surface area contributed by atoms with E-state index < -0.39 is 18.8 Å². The lowest BCUT2D eigenvalue weighted by atomic mass is 9.91. The molecule has 1 saturated carbocycles. The number of aliphatic hydroxyl groups excluding tert-OH is 1. The van der Waals surface area contributed by atoms with E-state index in [-0.39, 0.29) is 18.7 Å². The molecule has 0 bridgehead atoms. The molecule has 3 atom stereocenters. The molecular formula is C24H34NO6P. The fraction of sp³-hybridized carbons (Fsp3) is 0.500. The Morgan fingerprint density at radius 1 is 1.09 bits per heavy atom. The third-order valence-electron chi connectivity index (χ3n) is 5.77. The molecule has 0 heterocycles. The van der Waals surface area contributed by atoms with Crippen molar-refractivity contribution in [2.45, 2.75) is 50.4 Å². The predicted molar refractivity (Wildman–Crippen MR) is 125 cm³/mol. The van der Waals surface area contributed by atoms with Crippen LogP contribution in [0.5, 0.6) is 17.2 Å². The third kappa shape index (κ3) is 6.04. The number of phenolic OH excluding ortho intramolecular Hbond substituents is 1. The molecule has 1 fully saturated rings. The lowest BCUT2D eigenvalue weighted by Crippen LogP contribution is -2.57. The van der Waals surface area contributed by atoms with Crippen LogP contribution in [0.1, 0.15) is 39.0 Å². The van der Waals surface area contributed by atoms with Gasteiger partial charge in [0.15, 0.2) is 6.35 Å². The van der Waals surface area contributed by atoms with Gasteiger partial charge in [-0.1, -0.05) is 37.1 Å². The van der Waals surface area contributed by atoms with Crippen LogP contribution < -0.4 is 14.8 Å². The van der Waals surface area contributed by atoms with Crippen molar-refractivity contribution in [2.75, 3.05) is 26.1 Å². The topological polar surface area (TPSA) is 97.3 Å². The van der Waals surface area contributed by atoms with Crippen LogP contribution in [0.2, 0.25) is 0 Å². The third-order valence-corrected chi connectivity index (χ3v) is 8.81. The van der Waals surface area contributed by atoms with Crippen molar-refractivity contribution in [3.8, 4) is 17.2 Å². The molecule has 3 rings (SSSR count). The number of hydrogen-bond donors (Lipinski definition) is 3. The van der Waals surface area contributed by atoms with Gasteiger partial charge < -0.3 is 29.5 Å². The Balaban J connectivity index is 1.67. The van der Waals surface area contributed by atoms with Crippen molar-refractivity contribution in [1.82, 2.24) is 5.32 Å². The average molecular weight is 464 g/mol. The summed E-state index contributed by atoms with van der Waals surface area (Å²) in [6.07, 6.45) is 2.60. The highest BCUT2D eigenvalue weighted by Gasteiger charge is 2.55. The minimum Gasteiger partial charge on any atom is -0.508 e. The van der Waals surface area contributed by atoms with E-state index in [4.69, 9.17) is 14.0 Å². The summed E-state index contributed by atoms with van der Waals surface area (Å²) in [5.74, 6) is 1.36. The molecule has 0 spiro atoms. The Bertz CT molecular complexity index is 880. The molecular weight excluding hydrogens is 429 g/mol. The van der Waals surface area contributed by atoms with Crippen molar-refractivity contribution in [2.24, 2.45) is 0 Å². The van der Waals surface area contributed by atoms with E-state index in [1.54, 1.807) is 31.2 Å². The van der Waals surface area contributed by atoms with Gasteiger partial charge in [-0.2, -0.15) is 0 Å². The summed E-state index contributed by atoms with van der Waals surface area (Å²) < 4.78 is 31.6. The van der Waals surface area contributed by atoms with E-state index in [0.717, 1.165) is 12.8 Å². The van der Waals surface area contributed by atoms with Gasteiger partial charge in [0.1, 0.15) is 22.5 Å². The fourth-order valence-electron chi connectivity index (χ4n) is 4.15. The summed E-state index contributed by atoms with van der Waals surface area (Å²) in [5, 5.41) is 22.9. The first kappa shape index (κ1) is 24.6. The first-order valence-electron chi connectivity index (χ1n) is 11.3. The highest BCUT2D eigenvalue weighted by molar-refractivity contribution is 7.60. The zero-order chi connectivity index (χ0) is 22.9. The summed E-state index contributed by atoms with van der Waals surface area (Å²) in [5.41, 5.74) is 0. The number of aromatic hydroxyl groups is 1. The largest absolute Gasteiger partial charge is 0.508 e. The van der Waals surface area contributed by atoms with Gasteiger partial charge >= 0.3 is 0 Å². The summed E-state index contributed by atoms with van der Waals surface area (Å²) in [7, 11) is -3.42. The van der Waals surface area contributed by atoms with E-state index in [1.165, 1.54) is 0 Å². The SMILES string of the molecule is CCOP(=O)(COc1ccccc1)C1(NCCCOc2cccc(O)c2)CCCCC1O. The van der Waals surface area contributed by atoms with Crippen LogP contribution in [0.25, 0.3) is 0 Å². The zero-order valence-electron chi connectivity index (χ0n) is 18.6. The molecule has 1 aliphatic rings. The molecule has 2 aromatic rings. The molecule has 8 heteroatoms. The Kier molecular flexibility index (Phi) is 9.00. The maximum Gasteiger partial charge on any atom is 0.261 e. The molecule has 1 aliphatic carbocycles. The van der Waals surface area contributed by atoms with Gasteiger partial charge in [-0.3, -0.25) is 4.57 Å². The van der Waals surface area contributed by atoms with Crippen molar-refractivity contribution in [3.63, 3.8) is 0 Å². The molecule has 32 heavy (non-hydrogen) atoms. The van der Waals surface area contributed by atoms with Gasteiger partial charge in [0.05, 0.1) is 19.3 Å². The number of nitrogens with one attached hydrogen (secondary N) is 1. The van der Waals surface area contributed by atoms with Crippen molar-refractivity contribution in [3.05, 3.63) is 54.6 Å². The summed E-state index contributed by atoms with van der Waals surface area (Å²) >= 11 is 0. The fourth-order valence-corrected chi connectivity index (χ4v) is 6.86. The van der Waals surface area contributed by atoms with Crippen LogP contribution in [-0.2, 0) is 9.09 Å². The number of phenols is 1. The van der Waals surface area contributed by atoms with E-state index in [9.17, 15) is 14.8 Å². The Morgan fingerprint density at radius 3 is 2.59 bits per heavy atom. The molecule has 0 aromatic heterocycles. The van der Waals surface area contributed by atoms with Crippen LogP contribution in [0.3, 0.4) is 0 Å². The molecule has 7 nitrogen and oxygen atoms in total. The van der Waals surface area contributed by atoms with Gasteiger partial charge in [0, 0.05) is 6.07 Å². The van der Waals surface area contributed by atoms with E-state index in [2.05, 4.69) is 5.32 Å². The normalized spacial score (nSPS) is 22.8. The molecule has 3 unspecified atom stereocenters. The molecule has 0 saturated heterocycles. The summed E-state index contributed by atoms with van der Waals surface area (Å²) in [4.78, 5) is 0. The van der Waals surface area contributed by atoms with Crippen LogP contribution in [0, 0.1) is 0 Å². The number of benzene rings is 2. The van der Waals surface area contributed by atoms with Gasteiger partial charge in [-0.15, -0.1) is 0 Å². The van der Waals surface area contributed by atoms with Crippen LogP contribution in [0.4, 0.5) is 0 Å². The smallest absolute Gasteiger partial charge is 0.261 e. The first-order valence-corrected chi connectivity index (χ1v) is 13.1. The second-order valence-corrected chi connectivity index (χ2v) is 10.7. The van der Waals surface area contributed by atoms with Crippen LogP contribution in [0.15, 0.2) is 54.6 Å². The highest BCUT2D eigenvalue weighted by atomic mass is 31.2. The predicted octanol–water partition coefficient (Wildman–Crippen LogP) is 4.73. The standard InChI is InChI=1S/C24H34NO6P/c1-2-31-32(28,19-30-21-11-4-3-5-12-21)24(15-7-6-14-23(24)27)25-16-9-17-29-22-13-8-10-20(26)18-22/h3-5,8,10-13,18,23,25-27H,2,6-7,9,14-17,19H2,1H3. The minimum absolute atomic E-state index is 0.102. The van der Waals surface area contributed by atoms with Crippen molar-refractivity contribution in [1.29, 1.82) is 0 Å². The molecule has 176 valence electrons. The van der Waals surface area contributed by atoms with Gasteiger partial charge in [-0.25, -0.2) is 0 Å².